The fourth-order valence-corrected chi connectivity index (χ4v) is 9.27. The van der Waals surface area contributed by atoms with Gasteiger partial charge in [-0.3, -0.25) is 0 Å². The van der Waals surface area contributed by atoms with Crippen LogP contribution in [0.25, 0.3) is 61.1 Å². The molecule has 5 aromatic carbocycles. The van der Waals surface area contributed by atoms with Crippen molar-refractivity contribution in [1.29, 1.82) is 5.26 Å². The predicted molar refractivity (Wildman–Crippen MR) is 251 cm³/mol. The summed E-state index contributed by atoms with van der Waals surface area (Å²) >= 11 is 0. The van der Waals surface area contributed by atoms with Crippen molar-refractivity contribution in [2.45, 2.75) is 92.2 Å². The minimum Gasteiger partial charge on any atom is -0.499 e. The number of hydrogen-bond donors (Lipinski definition) is 0. The quantitative estimate of drug-likeness (QED) is 0.0908. The van der Waals surface area contributed by atoms with E-state index >= 15 is 0 Å². The topological polar surface area (TPSA) is 58.6 Å². The van der Waals surface area contributed by atoms with Gasteiger partial charge in [0.2, 0.25) is 6.33 Å². The second kappa shape index (κ2) is 17.9. The van der Waals surface area contributed by atoms with E-state index in [-0.39, 0.29) is 42.9 Å². The molecule has 0 aliphatic carbocycles. The molecule has 5 nitrogen and oxygen atoms in total. The number of rotatable bonds is 7. The van der Waals surface area contributed by atoms with E-state index in [9.17, 15) is 5.26 Å². The van der Waals surface area contributed by atoms with Gasteiger partial charge in [-0.25, -0.2) is 0 Å². The molecule has 0 N–H and O–H groups in total. The Kier molecular flexibility index (Phi) is 11.0. The predicted octanol–water partition coefficient (Wildman–Crippen LogP) is 13.0. The summed E-state index contributed by atoms with van der Waals surface area (Å²) in [6.45, 7) is 17.6. The van der Waals surface area contributed by atoms with Crippen molar-refractivity contribution in [2.24, 2.45) is 6.98 Å². The van der Waals surface area contributed by atoms with Crippen LogP contribution in [0, 0.1) is 36.6 Å². The summed E-state index contributed by atoms with van der Waals surface area (Å²) in [7, 11) is -1.94. The van der Waals surface area contributed by atoms with Gasteiger partial charge in [-0.1, -0.05) is 145 Å². The van der Waals surface area contributed by atoms with Gasteiger partial charge in [-0.2, -0.15) is 35.6 Å². The molecule has 0 aliphatic heterocycles. The molecular formula is C54H56IrN4OSi+. The normalized spacial score (nSPS) is 13.6. The monoisotopic (exact) mass is 1000 g/mol. The number of imidazole rings is 1. The minimum absolute atomic E-state index is 0. The van der Waals surface area contributed by atoms with Gasteiger partial charge >= 0.3 is 20.1 Å². The Hall–Kier alpha value is -5.38. The second-order valence-corrected chi connectivity index (χ2v) is 23.1. The number of para-hydroxylation sites is 1. The van der Waals surface area contributed by atoms with Crippen molar-refractivity contribution in [3.63, 3.8) is 0 Å². The average molecular weight is 1000 g/mol. The molecule has 7 heteroatoms. The largest absolute Gasteiger partial charge is 3.00 e. The SMILES string of the molecule is [2H]C([2H])([2H])[n+]1[c-]n(-c2[c-]cccc2)cc1.[2H]C([2H])([2H])c1cnc(-c2[c-]cc([Si](C)(C)C)c3c2oc2c(C#N)c(-c4ccccc4)ccc23)cc1-c1c(C(C)C)cc(C(C)(C)C)cc1C(C)C.[Ir+3]. The maximum atomic E-state index is 10.5. The summed E-state index contributed by atoms with van der Waals surface area (Å²) < 4.78 is 56.9. The number of aryl methyl sites for hydroxylation is 2. The molecule has 0 fully saturated rings. The molecule has 0 aliphatic rings. The summed E-state index contributed by atoms with van der Waals surface area (Å²) in [6.07, 6.45) is 7.33. The summed E-state index contributed by atoms with van der Waals surface area (Å²) in [6, 6.07) is 38.8. The molecule has 0 bridgehead atoms. The van der Waals surface area contributed by atoms with E-state index in [0.29, 0.717) is 33.6 Å². The first kappa shape index (κ1) is 37.4. The number of furan rings is 1. The Labute approximate surface area is 385 Å². The van der Waals surface area contributed by atoms with E-state index in [1.165, 1.54) is 23.1 Å². The van der Waals surface area contributed by atoms with Crippen LogP contribution in [-0.4, -0.2) is 17.6 Å². The molecule has 310 valence electrons. The molecule has 8 rings (SSSR count). The first-order chi connectivity index (χ1) is 30.9. The van der Waals surface area contributed by atoms with Crippen molar-refractivity contribution in [2.75, 3.05) is 0 Å². The van der Waals surface area contributed by atoms with Crippen LogP contribution in [0.3, 0.4) is 0 Å². The van der Waals surface area contributed by atoms with Crippen molar-refractivity contribution >= 4 is 35.2 Å². The summed E-state index contributed by atoms with van der Waals surface area (Å²) in [5.41, 5.74) is 10.6. The molecule has 8 aromatic rings. The number of benzene rings is 5. The Balaban J connectivity index is 0.000000392. The number of nitrogens with zero attached hydrogens (tertiary/aromatic N) is 4. The summed E-state index contributed by atoms with van der Waals surface area (Å²) in [5, 5.41) is 13.6. The van der Waals surface area contributed by atoms with Gasteiger partial charge in [0.25, 0.3) is 0 Å². The van der Waals surface area contributed by atoms with Crippen LogP contribution in [0.2, 0.25) is 19.6 Å². The molecule has 0 radical (unpaired) electrons. The van der Waals surface area contributed by atoms with E-state index in [2.05, 4.69) is 117 Å². The molecule has 0 amide bonds. The second-order valence-electron chi connectivity index (χ2n) is 18.1. The van der Waals surface area contributed by atoms with Gasteiger partial charge in [0.15, 0.2) is 0 Å². The van der Waals surface area contributed by atoms with Crippen LogP contribution in [0.15, 0.2) is 114 Å². The number of pyridine rings is 1. The molecule has 3 aromatic heterocycles. The van der Waals surface area contributed by atoms with Crippen molar-refractivity contribution < 1.29 is 37.3 Å². The Morgan fingerprint density at radius 1 is 0.885 bits per heavy atom. The first-order valence-electron chi connectivity index (χ1n) is 23.5. The number of nitriles is 1. The molecule has 3 heterocycles. The molecule has 0 atom stereocenters. The standard InChI is InChI=1S/C44H47N2OSi.C10H9N2.Ir/c1-26(2)34-21-30(44(6,7)8)22-35(27(3)4)40(34)36-23-38(46-25-28(36)5)32-19-20-39(48(9,10)11)41-33-18-17-31(29-15-13-12-14-16-29)37(24-45)42(33)47-43(32)41;1-11-7-8-12(9-11)10-5-3-2-4-6-10;/h12-18,20-23,25-27H,1-11H3;2-5,7-8H,1H3;/q2*-1;+3/i5D3;1D3;. The fraction of sp³-hybridized carbons (Fsp3) is 0.278. The van der Waals surface area contributed by atoms with E-state index in [4.69, 9.17) is 17.6 Å². The van der Waals surface area contributed by atoms with Crippen LogP contribution in [-0.2, 0) is 32.5 Å². The minimum atomic E-state index is -2.39. The Morgan fingerprint density at radius 2 is 1.59 bits per heavy atom. The van der Waals surface area contributed by atoms with Crippen LogP contribution < -0.4 is 9.75 Å². The van der Waals surface area contributed by atoms with Crippen LogP contribution in [0.1, 0.15) is 96.3 Å². The van der Waals surface area contributed by atoms with Gasteiger partial charge < -0.3 is 18.5 Å². The molecule has 0 spiro atoms. The fourth-order valence-electron chi connectivity index (χ4n) is 7.76. The smallest absolute Gasteiger partial charge is 0.499 e. The third-order valence-corrected chi connectivity index (χ3v) is 13.0. The van der Waals surface area contributed by atoms with Gasteiger partial charge in [0, 0.05) is 41.7 Å². The number of hydrogen-bond acceptors (Lipinski definition) is 3. The third-order valence-electron chi connectivity index (χ3n) is 11.0. The van der Waals surface area contributed by atoms with Crippen molar-refractivity contribution in [3.8, 4) is 45.3 Å². The zero-order valence-electron chi connectivity index (χ0n) is 42.6. The van der Waals surface area contributed by atoms with Crippen LogP contribution in [0.4, 0.5) is 0 Å². The third kappa shape index (κ3) is 9.14. The Bertz CT molecular complexity index is 3070. The Morgan fingerprint density at radius 3 is 2.16 bits per heavy atom. The average Bonchev–Trinajstić information content (AvgIpc) is 3.92. The van der Waals surface area contributed by atoms with Gasteiger partial charge in [-0.05, 0) is 68.7 Å². The first-order valence-corrected chi connectivity index (χ1v) is 24.0. The zero-order valence-corrected chi connectivity index (χ0v) is 40.0. The zero-order chi connectivity index (χ0) is 48.1. The number of fused-ring (bicyclic) bond motifs is 3. The van der Waals surface area contributed by atoms with Gasteiger partial charge in [-0.15, -0.1) is 17.3 Å². The molecule has 0 saturated carbocycles. The van der Waals surface area contributed by atoms with Gasteiger partial charge in [0.05, 0.1) is 16.7 Å². The summed E-state index contributed by atoms with van der Waals surface area (Å²) in [5.74, 6) is 0.294. The molecule has 0 saturated heterocycles. The van der Waals surface area contributed by atoms with Crippen LogP contribution in [0.5, 0.6) is 0 Å². The molecule has 61 heavy (non-hydrogen) atoms. The van der Waals surface area contributed by atoms with E-state index in [1.54, 1.807) is 16.8 Å². The van der Waals surface area contributed by atoms with E-state index < -0.39 is 21.9 Å². The van der Waals surface area contributed by atoms with E-state index in [0.717, 1.165) is 48.8 Å². The molecule has 0 unspecified atom stereocenters. The maximum Gasteiger partial charge on any atom is 3.00 e. The maximum absolute atomic E-state index is 10.5. The van der Waals surface area contributed by atoms with Crippen LogP contribution >= 0.6 is 0 Å². The summed E-state index contributed by atoms with van der Waals surface area (Å²) in [4.78, 5) is 4.82. The number of aromatic nitrogens is 3. The van der Waals surface area contributed by atoms with Crippen molar-refractivity contribution in [1.82, 2.24) is 9.55 Å². The van der Waals surface area contributed by atoms with E-state index in [1.807, 2.05) is 60.7 Å². The van der Waals surface area contributed by atoms with Gasteiger partial charge in [0.1, 0.15) is 17.2 Å². The van der Waals surface area contributed by atoms with Crippen molar-refractivity contribution in [3.05, 3.63) is 156 Å². The molecular weight excluding hydrogens is 941 g/mol.